The van der Waals surface area contributed by atoms with Crippen molar-refractivity contribution in [1.82, 2.24) is 19.9 Å². The number of esters is 1. The molecule has 1 saturated carbocycles. The first-order chi connectivity index (χ1) is 33.4. The van der Waals surface area contributed by atoms with Crippen LogP contribution in [0.15, 0.2) is 92.3 Å². The van der Waals surface area contributed by atoms with E-state index in [0.29, 0.717) is 55.4 Å². The lowest BCUT2D eigenvalue weighted by Gasteiger charge is -2.31. The second-order valence-corrected chi connectivity index (χ2v) is 20.5. The zero-order valence-electron chi connectivity index (χ0n) is 40.2. The number of anilines is 2. The summed E-state index contributed by atoms with van der Waals surface area (Å²) in [5.41, 5.74) is 1.84. The Morgan fingerprint density at radius 1 is 0.814 bits per heavy atom. The van der Waals surface area contributed by atoms with Crippen LogP contribution in [0, 0.1) is 5.41 Å². The van der Waals surface area contributed by atoms with E-state index in [1.165, 1.54) is 42.5 Å². The molecule has 3 aliphatic rings. The number of rotatable bonds is 14. The number of hydrogen-bond acceptors (Lipinski definition) is 13. The molecule has 4 amide bonds. The molecule has 2 aromatic heterocycles. The molecule has 0 saturated heterocycles. The molecule has 1 unspecified atom stereocenters. The number of fused-ring (bicyclic) bond motifs is 1. The fourth-order valence-corrected chi connectivity index (χ4v) is 11.3. The Hall–Kier alpha value is -7.01. The van der Waals surface area contributed by atoms with Crippen molar-refractivity contribution in [3.8, 4) is 11.3 Å². The summed E-state index contributed by atoms with van der Waals surface area (Å²) in [5, 5.41) is 15.1. The van der Waals surface area contributed by atoms with E-state index in [-0.39, 0.29) is 65.1 Å². The van der Waals surface area contributed by atoms with E-state index in [1.807, 2.05) is 0 Å². The van der Waals surface area contributed by atoms with Gasteiger partial charge in [-0.1, -0.05) is 81.9 Å². The van der Waals surface area contributed by atoms with Gasteiger partial charge in [-0.05, 0) is 63.9 Å². The number of amides is 4. The highest BCUT2D eigenvalue weighted by Gasteiger charge is 2.39. The third-order valence-corrected chi connectivity index (χ3v) is 15.2. The molecule has 5 aromatic rings. The number of ether oxygens (including phenoxy) is 1. The number of aromatic nitrogens is 3. The number of allylic oxidation sites excluding steroid dienone is 4. The fourth-order valence-electron chi connectivity index (χ4n) is 9.77. The van der Waals surface area contributed by atoms with Gasteiger partial charge >= 0.3 is 11.6 Å². The Balaban J connectivity index is 0.923. The third-order valence-electron chi connectivity index (χ3n) is 13.6. The fraction of sp³-hybridized carbons (Fsp3) is 0.396. The van der Waals surface area contributed by atoms with Crippen molar-refractivity contribution >= 4 is 86.0 Å². The molecule has 17 heteroatoms. The van der Waals surface area contributed by atoms with E-state index in [9.17, 15) is 38.4 Å². The highest BCUT2D eigenvalue weighted by Crippen LogP contribution is 2.40. The maximum atomic E-state index is 14.0. The smallest absolute Gasteiger partial charge is 0.360 e. The number of Topliss-reactive ketones (excluding diaryl/α,β-unsaturated/α-hetero) is 2. The Kier molecular flexibility index (Phi) is 14.5. The second-order valence-electron chi connectivity index (χ2n) is 18.9. The highest BCUT2D eigenvalue weighted by atomic mass is 32.2. The molecular formula is C53H56N6O10S. The van der Waals surface area contributed by atoms with Gasteiger partial charge in [0.1, 0.15) is 17.0 Å². The molecule has 1 aliphatic heterocycles. The normalized spacial score (nSPS) is 16.6. The molecule has 364 valence electrons. The van der Waals surface area contributed by atoms with Gasteiger partial charge in [-0.25, -0.2) is 4.79 Å². The molecule has 8 rings (SSSR count). The van der Waals surface area contributed by atoms with E-state index in [2.05, 4.69) is 20.9 Å². The van der Waals surface area contributed by atoms with Crippen molar-refractivity contribution in [1.29, 1.82) is 0 Å². The molecule has 2 aliphatic carbocycles. The van der Waals surface area contributed by atoms with Crippen LogP contribution in [-0.2, 0) is 35.3 Å². The minimum atomic E-state index is -0.974. The average molecular weight is 969 g/mol. The van der Waals surface area contributed by atoms with E-state index >= 15 is 0 Å². The van der Waals surface area contributed by atoms with Crippen molar-refractivity contribution in [3.05, 3.63) is 105 Å². The molecule has 16 nitrogen and oxygen atoms in total. The van der Waals surface area contributed by atoms with Gasteiger partial charge in [0.15, 0.2) is 11.6 Å². The van der Waals surface area contributed by atoms with E-state index in [1.54, 1.807) is 89.3 Å². The number of carbonyl (C=O) groups is 7. The van der Waals surface area contributed by atoms with Crippen LogP contribution in [0.25, 0.3) is 33.0 Å². The molecular weight excluding hydrogens is 913 g/mol. The minimum absolute atomic E-state index is 0.0325. The number of nitrogens with one attached hydrogen (secondary N) is 2. The summed E-state index contributed by atoms with van der Waals surface area (Å²) >= 11 is 1.47. The maximum Gasteiger partial charge on any atom is 0.360 e. The van der Waals surface area contributed by atoms with Crippen LogP contribution >= 0.6 is 11.8 Å². The molecule has 1 fully saturated rings. The molecule has 0 bridgehead atoms. The topological polar surface area (TPSA) is 217 Å². The van der Waals surface area contributed by atoms with Crippen LogP contribution in [0.2, 0.25) is 0 Å². The zero-order valence-corrected chi connectivity index (χ0v) is 41.0. The van der Waals surface area contributed by atoms with Crippen LogP contribution in [0.4, 0.5) is 11.4 Å². The monoisotopic (exact) mass is 968 g/mol. The number of thioether (sulfide) groups is 1. The lowest BCUT2D eigenvalue weighted by atomic mass is 9.71. The van der Waals surface area contributed by atoms with Crippen molar-refractivity contribution in [3.63, 3.8) is 0 Å². The molecule has 3 aromatic carbocycles. The maximum absolute atomic E-state index is 14.0. The molecule has 0 spiro atoms. The summed E-state index contributed by atoms with van der Waals surface area (Å²) in [7, 11) is 1.29. The number of hydrogen-bond donors (Lipinski definition) is 2. The van der Waals surface area contributed by atoms with E-state index in [0.717, 1.165) is 43.4 Å². The lowest BCUT2D eigenvalue weighted by Crippen LogP contribution is -2.42. The summed E-state index contributed by atoms with van der Waals surface area (Å²) < 4.78 is 12.1. The summed E-state index contributed by atoms with van der Waals surface area (Å²) in [6.45, 7) is 8.44. The van der Waals surface area contributed by atoms with Crippen LogP contribution in [0.5, 0.6) is 0 Å². The van der Waals surface area contributed by atoms with Gasteiger partial charge in [-0.15, -0.1) is 16.9 Å². The third kappa shape index (κ3) is 10.2. The largest absolute Gasteiger partial charge is 0.469 e. The number of methoxy groups -OCH3 is 1. The first-order valence-electron chi connectivity index (χ1n) is 23.7. The first kappa shape index (κ1) is 49.4. The number of benzene rings is 3. The molecule has 70 heavy (non-hydrogen) atoms. The van der Waals surface area contributed by atoms with Gasteiger partial charge in [-0.2, -0.15) is 0 Å². The summed E-state index contributed by atoms with van der Waals surface area (Å²) in [6, 6.07) is 14.9. The number of imide groups is 1. The van der Waals surface area contributed by atoms with Crippen molar-refractivity contribution in [2.45, 2.75) is 116 Å². The summed E-state index contributed by atoms with van der Waals surface area (Å²) in [6.07, 6.45) is 10.1. The number of ketones is 2. The standard InChI is InChI=1S/C53H56N6O10S/c1-29-30(2)48(63)46(31(3)47(29)62)53(4,5)27-43(60)54-38-21-20-37-45-35(38)16-13-17-36(45)50(65)59(51(37)66)23-22-58-28-40(56-57-58)32-18-19-33-24-39(52(67)69-41(33)25-32)55-49(64)42(26-44(61)68-6)70-34-14-11-9-7-8-10-12-15-34/h13,16-21,24-25,28,34,42H,7-12,14-15,22-23,26-27H2,1-6H3,(H,54,60)(H,55,64). The highest BCUT2D eigenvalue weighted by molar-refractivity contribution is 8.01. The van der Waals surface area contributed by atoms with Gasteiger partial charge < -0.3 is 19.8 Å². The molecule has 2 N–H and O–H groups in total. The predicted molar refractivity (Wildman–Crippen MR) is 266 cm³/mol. The Bertz CT molecular complexity index is 3090. The van der Waals surface area contributed by atoms with Crippen LogP contribution in [-0.4, -0.2) is 85.2 Å². The Morgan fingerprint density at radius 3 is 2.21 bits per heavy atom. The quantitative estimate of drug-likeness (QED) is 0.0461. The molecule has 3 heterocycles. The molecule has 0 radical (unpaired) electrons. The van der Waals surface area contributed by atoms with Gasteiger partial charge in [-0.3, -0.25) is 43.1 Å². The molecule has 1 atom stereocenters. The van der Waals surface area contributed by atoms with Crippen LogP contribution in [0.3, 0.4) is 0 Å². The summed E-state index contributed by atoms with van der Waals surface area (Å²) in [4.78, 5) is 108. The van der Waals surface area contributed by atoms with Gasteiger partial charge in [0, 0.05) is 84.5 Å². The second kappa shape index (κ2) is 20.5. The van der Waals surface area contributed by atoms with Crippen molar-refractivity contribution in [2.24, 2.45) is 5.41 Å². The lowest BCUT2D eigenvalue weighted by molar-refractivity contribution is -0.141. The Labute approximate surface area is 408 Å². The van der Waals surface area contributed by atoms with Crippen LogP contribution in [0.1, 0.15) is 120 Å². The summed E-state index contributed by atoms with van der Waals surface area (Å²) in [5.74, 6) is -2.89. The van der Waals surface area contributed by atoms with Gasteiger partial charge in [0.05, 0.1) is 31.5 Å². The zero-order chi connectivity index (χ0) is 50.0. The van der Waals surface area contributed by atoms with Crippen molar-refractivity contribution < 1.29 is 42.7 Å². The SMILES string of the molecule is COC(=O)CC(SC1CCCCCCCC1)C(=O)Nc1cc2ccc(-c3cn(CCN4C(=O)c5cccc6c(NC(=O)CC(C)(C)C7=C(C)C(=O)C(C)=C(C)C7=O)ccc(c56)C4=O)nn3)cc2oc1=O. The van der Waals surface area contributed by atoms with Gasteiger partial charge in [0.2, 0.25) is 11.8 Å². The number of carbonyl (C=O) groups excluding carboxylic acids is 7. The Morgan fingerprint density at radius 2 is 1.50 bits per heavy atom. The first-order valence-corrected chi connectivity index (χ1v) is 24.6. The average Bonchev–Trinajstić information content (AvgIpc) is 3.85. The van der Waals surface area contributed by atoms with E-state index < -0.39 is 45.9 Å². The number of nitrogens with zero attached hydrogens (tertiary/aromatic N) is 4. The minimum Gasteiger partial charge on any atom is -0.469 e. The van der Waals surface area contributed by atoms with Crippen LogP contribution < -0.4 is 16.3 Å². The predicted octanol–water partition coefficient (Wildman–Crippen LogP) is 8.77. The van der Waals surface area contributed by atoms with Crippen molar-refractivity contribution in [2.75, 3.05) is 24.3 Å². The van der Waals surface area contributed by atoms with Gasteiger partial charge in [0.25, 0.3) is 11.8 Å². The van der Waals surface area contributed by atoms with E-state index in [4.69, 9.17) is 9.15 Å².